The fourth-order valence-corrected chi connectivity index (χ4v) is 4.06. The number of guanidine groups is 1. The van der Waals surface area contributed by atoms with Gasteiger partial charge in [-0.2, -0.15) is 0 Å². The third-order valence-electron chi connectivity index (χ3n) is 6.19. The third-order valence-corrected chi connectivity index (χ3v) is 6.19. The van der Waals surface area contributed by atoms with Crippen LogP contribution in [0.4, 0.5) is 4.39 Å². The van der Waals surface area contributed by atoms with Crippen molar-refractivity contribution in [2.45, 2.75) is 38.0 Å². The highest BCUT2D eigenvalue weighted by molar-refractivity contribution is 5.79. The second kappa shape index (κ2) is 11.3. The molecule has 4 rings (SSSR count). The van der Waals surface area contributed by atoms with Gasteiger partial charge in [-0.3, -0.25) is 9.89 Å². The van der Waals surface area contributed by atoms with E-state index in [1.807, 2.05) is 30.3 Å². The lowest BCUT2D eigenvalue weighted by atomic mass is 9.96. The number of hydrogen-bond donors (Lipinski definition) is 2. The molecule has 1 aliphatic carbocycles. The average Bonchev–Trinajstić information content (AvgIpc) is 2.81. The number of para-hydroxylation sites is 1. The molecule has 2 N–H and O–H groups in total. The van der Waals surface area contributed by atoms with Crippen molar-refractivity contribution in [2.75, 3.05) is 39.9 Å². The molecule has 32 heavy (non-hydrogen) atoms. The third kappa shape index (κ3) is 5.99. The quantitative estimate of drug-likeness (QED) is 0.486. The van der Waals surface area contributed by atoms with Crippen molar-refractivity contribution >= 4 is 5.96 Å². The molecular formula is C25H33FN4O2. The summed E-state index contributed by atoms with van der Waals surface area (Å²) in [6.45, 7) is 4.40. The first kappa shape index (κ1) is 22.6. The second-order valence-electron chi connectivity index (χ2n) is 8.30. The van der Waals surface area contributed by atoms with E-state index in [2.05, 4.69) is 26.6 Å². The highest BCUT2D eigenvalue weighted by atomic mass is 19.1. The Morgan fingerprint density at radius 3 is 2.56 bits per heavy atom. The van der Waals surface area contributed by atoms with Gasteiger partial charge in [0, 0.05) is 38.8 Å². The highest BCUT2D eigenvalue weighted by Crippen LogP contribution is 2.27. The second-order valence-corrected chi connectivity index (χ2v) is 8.30. The SMILES string of the molecule is CN=C(NCc1ccccc1OC1CCC1)NCC(c1ccc(F)cc1)N1CCOCC1. The standard InChI is InChI=1S/C25H33FN4O2/c1-27-25(28-17-20-5-2-3-8-24(20)32-22-6-4-7-22)29-18-23(30-13-15-31-16-14-30)19-9-11-21(26)12-10-19/h2-3,5,8-12,22-23H,4,6-7,13-18H2,1H3,(H2,27,28,29). The molecule has 1 unspecified atom stereocenters. The van der Waals surface area contributed by atoms with E-state index in [-0.39, 0.29) is 11.9 Å². The van der Waals surface area contributed by atoms with Crippen LogP contribution in [0.5, 0.6) is 5.75 Å². The van der Waals surface area contributed by atoms with Gasteiger partial charge in [-0.25, -0.2) is 4.39 Å². The van der Waals surface area contributed by atoms with Crippen LogP contribution >= 0.6 is 0 Å². The van der Waals surface area contributed by atoms with Crippen LogP contribution in [0.2, 0.25) is 0 Å². The maximum atomic E-state index is 13.5. The summed E-state index contributed by atoms with van der Waals surface area (Å²) in [5.74, 6) is 1.45. The molecule has 0 spiro atoms. The number of nitrogens with zero attached hydrogens (tertiary/aromatic N) is 2. The molecule has 1 heterocycles. The number of halogens is 1. The Morgan fingerprint density at radius 2 is 1.88 bits per heavy atom. The van der Waals surface area contributed by atoms with E-state index in [0.717, 1.165) is 48.8 Å². The molecule has 6 nitrogen and oxygen atoms in total. The molecule has 1 saturated carbocycles. The average molecular weight is 441 g/mol. The van der Waals surface area contributed by atoms with Crippen molar-refractivity contribution in [3.05, 3.63) is 65.5 Å². The topological polar surface area (TPSA) is 58.1 Å². The number of morpholine rings is 1. The summed E-state index contributed by atoms with van der Waals surface area (Å²) in [5, 5.41) is 6.86. The van der Waals surface area contributed by atoms with E-state index in [1.165, 1.54) is 18.6 Å². The van der Waals surface area contributed by atoms with Gasteiger partial charge in [-0.05, 0) is 43.0 Å². The van der Waals surface area contributed by atoms with Gasteiger partial charge in [0.25, 0.3) is 0 Å². The molecule has 0 amide bonds. The summed E-state index contributed by atoms with van der Waals surface area (Å²) >= 11 is 0. The van der Waals surface area contributed by atoms with Crippen LogP contribution in [0.25, 0.3) is 0 Å². The predicted molar refractivity (Wildman–Crippen MR) is 124 cm³/mol. The molecule has 1 aliphatic heterocycles. The van der Waals surface area contributed by atoms with E-state index in [1.54, 1.807) is 7.05 Å². The summed E-state index contributed by atoms with van der Waals surface area (Å²) in [4.78, 5) is 6.77. The predicted octanol–water partition coefficient (Wildman–Crippen LogP) is 3.50. The summed E-state index contributed by atoms with van der Waals surface area (Å²) in [5.41, 5.74) is 2.20. The van der Waals surface area contributed by atoms with Gasteiger partial charge >= 0.3 is 0 Å². The number of rotatable bonds is 8. The molecule has 0 radical (unpaired) electrons. The molecule has 2 aromatic rings. The van der Waals surface area contributed by atoms with Gasteiger partial charge in [0.1, 0.15) is 11.6 Å². The van der Waals surface area contributed by atoms with Crippen molar-refractivity contribution in [1.29, 1.82) is 0 Å². The van der Waals surface area contributed by atoms with Crippen LogP contribution in [-0.2, 0) is 11.3 Å². The van der Waals surface area contributed by atoms with E-state index >= 15 is 0 Å². The van der Waals surface area contributed by atoms with Crippen LogP contribution < -0.4 is 15.4 Å². The Morgan fingerprint density at radius 1 is 1.12 bits per heavy atom. The molecule has 0 aromatic heterocycles. The number of aliphatic imine (C=N–C) groups is 1. The van der Waals surface area contributed by atoms with Crippen LogP contribution in [0.15, 0.2) is 53.5 Å². The Balaban J connectivity index is 1.37. The molecule has 7 heteroatoms. The lowest BCUT2D eigenvalue weighted by Crippen LogP contribution is -2.46. The smallest absolute Gasteiger partial charge is 0.191 e. The van der Waals surface area contributed by atoms with Crippen molar-refractivity contribution in [3.8, 4) is 5.75 Å². The molecule has 1 saturated heterocycles. The first-order valence-electron chi connectivity index (χ1n) is 11.5. The molecule has 0 bridgehead atoms. The molecule has 1 atom stereocenters. The zero-order chi connectivity index (χ0) is 22.2. The van der Waals surface area contributed by atoms with Crippen LogP contribution in [0.1, 0.15) is 36.4 Å². The van der Waals surface area contributed by atoms with E-state index < -0.39 is 0 Å². The minimum absolute atomic E-state index is 0.104. The molecule has 2 aliphatic rings. The van der Waals surface area contributed by atoms with Crippen LogP contribution in [0.3, 0.4) is 0 Å². The zero-order valence-electron chi connectivity index (χ0n) is 18.7. The van der Waals surface area contributed by atoms with Crippen molar-refractivity contribution in [3.63, 3.8) is 0 Å². The first-order chi connectivity index (χ1) is 15.7. The number of hydrogen-bond acceptors (Lipinski definition) is 4. The zero-order valence-corrected chi connectivity index (χ0v) is 18.7. The number of ether oxygens (including phenoxy) is 2. The van der Waals surface area contributed by atoms with Gasteiger partial charge in [0.05, 0.1) is 25.4 Å². The van der Waals surface area contributed by atoms with Gasteiger partial charge < -0.3 is 20.1 Å². The summed E-state index contributed by atoms with van der Waals surface area (Å²) in [6.07, 6.45) is 3.87. The summed E-state index contributed by atoms with van der Waals surface area (Å²) in [7, 11) is 1.77. The van der Waals surface area contributed by atoms with E-state index in [0.29, 0.717) is 32.4 Å². The largest absolute Gasteiger partial charge is 0.490 e. The molecule has 2 aromatic carbocycles. The monoisotopic (exact) mass is 440 g/mol. The Labute approximate surface area is 189 Å². The van der Waals surface area contributed by atoms with Crippen molar-refractivity contribution in [2.24, 2.45) is 4.99 Å². The van der Waals surface area contributed by atoms with Crippen LogP contribution in [-0.4, -0.2) is 56.9 Å². The minimum atomic E-state index is -0.220. The summed E-state index contributed by atoms with van der Waals surface area (Å²) < 4.78 is 25.1. The molecule has 172 valence electrons. The molecule has 2 fully saturated rings. The Kier molecular flexibility index (Phi) is 7.96. The van der Waals surface area contributed by atoms with E-state index in [9.17, 15) is 4.39 Å². The fraction of sp³-hybridized carbons (Fsp3) is 0.480. The van der Waals surface area contributed by atoms with Gasteiger partial charge in [-0.1, -0.05) is 30.3 Å². The molecular weight excluding hydrogens is 407 g/mol. The van der Waals surface area contributed by atoms with Gasteiger partial charge in [0.15, 0.2) is 5.96 Å². The highest BCUT2D eigenvalue weighted by Gasteiger charge is 2.23. The maximum Gasteiger partial charge on any atom is 0.191 e. The van der Waals surface area contributed by atoms with Crippen LogP contribution in [0, 0.1) is 5.82 Å². The Hall–Kier alpha value is -2.64. The normalized spacial score (nSPS) is 18.6. The van der Waals surface area contributed by atoms with E-state index in [4.69, 9.17) is 9.47 Å². The fourth-order valence-electron chi connectivity index (χ4n) is 4.06. The lowest BCUT2D eigenvalue weighted by molar-refractivity contribution is 0.0170. The number of nitrogens with one attached hydrogen (secondary N) is 2. The Bertz CT molecular complexity index is 880. The maximum absolute atomic E-state index is 13.5. The van der Waals surface area contributed by atoms with Crippen molar-refractivity contribution in [1.82, 2.24) is 15.5 Å². The summed E-state index contributed by atoms with van der Waals surface area (Å²) in [6, 6.07) is 15.0. The first-order valence-corrected chi connectivity index (χ1v) is 11.5. The number of benzene rings is 2. The van der Waals surface area contributed by atoms with Crippen molar-refractivity contribution < 1.29 is 13.9 Å². The van der Waals surface area contributed by atoms with Gasteiger partial charge in [-0.15, -0.1) is 0 Å². The lowest BCUT2D eigenvalue weighted by Gasteiger charge is -2.35. The van der Waals surface area contributed by atoms with Gasteiger partial charge in [0.2, 0.25) is 0 Å². The minimum Gasteiger partial charge on any atom is -0.490 e.